The van der Waals surface area contributed by atoms with Gasteiger partial charge in [0.15, 0.2) is 0 Å². The van der Waals surface area contributed by atoms with Gasteiger partial charge in [-0.1, -0.05) is 18.2 Å². The van der Waals surface area contributed by atoms with E-state index in [1.54, 1.807) is 6.92 Å². The molecule has 0 amide bonds. The van der Waals surface area contributed by atoms with Crippen LogP contribution in [0.4, 0.5) is 0 Å². The van der Waals surface area contributed by atoms with Crippen LogP contribution in [0.1, 0.15) is 6.92 Å². The minimum atomic E-state index is -0.889. The van der Waals surface area contributed by atoms with E-state index in [9.17, 15) is 5.02 Å². The molecule has 1 rings (SSSR count). The van der Waals surface area contributed by atoms with E-state index in [4.69, 9.17) is 9.39 Å². The monoisotopic (exact) mass is 180 g/mol. The van der Waals surface area contributed by atoms with E-state index >= 15 is 0 Å². The Morgan fingerprint density at radius 1 is 1.31 bits per heavy atom. The number of ether oxygens (including phenoxy) is 1. The highest BCUT2D eigenvalue weighted by Gasteiger charge is 2.22. The standard InChI is InChI=1S/C9H13BO3/c1-8(10(11)12-2)13-9-6-4-3-5-7-9/h3-8,11H,1-2H3. The fraction of sp³-hybridized carbons (Fsp3) is 0.333. The molecule has 0 spiro atoms. The lowest BCUT2D eigenvalue weighted by Gasteiger charge is -2.15. The van der Waals surface area contributed by atoms with Gasteiger partial charge in [-0.25, -0.2) is 0 Å². The van der Waals surface area contributed by atoms with Gasteiger partial charge in [0.05, 0.1) is 0 Å². The van der Waals surface area contributed by atoms with Gasteiger partial charge in [0.1, 0.15) is 11.8 Å². The van der Waals surface area contributed by atoms with Crippen LogP contribution < -0.4 is 4.74 Å². The van der Waals surface area contributed by atoms with E-state index < -0.39 is 7.12 Å². The third-order valence-electron chi connectivity index (χ3n) is 1.71. The minimum Gasteiger partial charge on any atom is -0.493 e. The average molecular weight is 180 g/mol. The van der Waals surface area contributed by atoms with E-state index in [1.165, 1.54) is 7.11 Å². The first-order chi connectivity index (χ1) is 6.24. The van der Waals surface area contributed by atoms with Crippen LogP contribution in [-0.2, 0) is 4.65 Å². The molecule has 0 aliphatic carbocycles. The molecule has 0 saturated carbocycles. The molecular weight excluding hydrogens is 167 g/mol. The van der Waals surface area contributed by atoms with Gasteiger partial charge >= 0.3 is 7.12 Å². The molecule has 1 aromatic carbocycles. The van der Waals surface area contributed by atoms with Gasteiger partial charge in [-0.15, -0.1) is 0 Å². The van der Waals surface area contributed by atoms with Crippen molar-refractivity contribution in [1.82, 2.24) is 0 Å². The van der Waals surface area contributed by atoms with Crippen LogP contribution in [0.25, 0.3) is 0 Å². The summed E-state index contributed by atoms with van der Waals surface area (Å²) in [6, 6.07) is 8.96. The van der Waals surface area contributed by atoms with Gasteiger partial charge in [-0.05, 0) is 19.1 Å². The second-order valence-electron chi connectivity index (χ2n) is 2.76. The van der Waals surface area contributed by atoms with Crippen LogP contribution in [0.3, 0.4) is 0 Å². The van der Waals surface area contributed by atoms with Crippen molar-refractivity contribution in [2.24, 2.45) is 0 Å². The molecule has 1 N–H and O–H groups in total. The Balaban J connectivity index is 2.50. The smallest absolute Gasteiger partial charge is 0.493 e. The van der Waals surface area contributed by atoms with Crippen LogP contribution in [0.15, 0.2) is 30.3 Å². The molecule has 0 aromatic heterocycles. The largest absolute Gasteiger partial charge is 0.497 e. The van der Waals surface area contributed by atoms with E-state index in [-0.39, 0.29) is 6.00 Å². The first-order valence-electron chi connectivity index (χ1n) is 4.16. The molecule has 1 unspecified atom stereocenters. The molecule has 0 fully saturated rings. The zero-order valence-electron chi connectivity index (χ0n) is 7.81. The van der Waals surface area contributed by atoms with Crippen molar-refractivity contribution in [3.05, 3.63) is 30.3 Å². The molecule has 1 atom stereocenters. The number of hydrogen-bond donors (Lipinski definition) is 1. The van der Waals surface area contributed by atoms with Crippen molar-refractivity contribution in [3.8, 4) is 5.75 Å². The molecule has 0 aliphatic rings. The molecule has 4 heteroatoms. The fourth-order valence-corrected chi connectivity index (χ4v) is 0.964. The third kappa shape index (κ3) is 3.09. The Hall–Kier alpha value is -0.995. The number of benzene rings is 1. The predicted molar refractivity (Wildman–Crippen MR) is 51.5 cm³/mol. The first-order valence-corrected chi connectivity index (χ1v) is 4.16. The second kappa shape index (κ2) is 4.89. The maximum Gasteiger partial charge on any atom is 0.497 e. The second-order valence-corrected chi connectivity index (χ2v) is 2.76. The molecular formula is C9H13BO3. The lowest BCUT2D eigenvalue weighted by molar-refractivity contribution is 0.214. The highest BCUT2D eigenvalue weighted by atomic mass is 16.6. The topological polar surface area (TPSA) is 38.7 Å². The fourth-order valence-electron chi connectivity index (χ4n) is 0.964. The number of para-hydroxylation sites is 1. The lowest BCUT2D eigenvalue weighted by atomic mass is 9.83. The summed E-state index contributed by atoms with van der Waals surface area (Å²) >= 11 is 0. The van der Waals surface area contributed by atoms with Crippen LogP contribution in [0.2, 0.25) is 0 Å². The first kappa shape index (κ1) is 10.1. The van der Waals surface area contributed by atoms with Crippen molar-refractivity contribution in [2.45, 2.75) is 12.9 Å². The Bertz CT molecular complexity index is 240. The summed E-state index contributed by atoms with van der Waals surface area (Å²) in [6.45, 7) is 1.75. The predicted octanol–water partition coefficient (Wildman–Crippen LogP) is 1.12. The highest BCUT2D eigenvalue weighted by molar-refractivity contribution is 6.44. The van der Waals surface area contributed by atoms with Gasteiger partial charge < -0.3 is 14.4 Å². The summed E-state index contributed by atoms with van der Waals surface area (Å²) in [5.74, 6) is 0.728. The van der Waals surface area contributed by atoms with E-state index in [0.717, 1.165) is 5.75 Å². The Labute approximate surface area is 78.4 Å². The summed E-state index contributed by atoms with van der Waals surface area (Å²) in [5.41, 5.74) is 0. The van der Waals surface area contributed by atoms with Crippen LogP contribution in [0, 0.1) is 0 Å². The molecule has 0 aliphatic heterocycles. The van der Waals surface area contributed by atoms with Crippen LogP contribution >= 0.6 is 0 Å². The average Bonchev–Trinajstić information content (AvgIpc) is 2.18. The van der Waals surface area contributed by atoms with Gasteiger partial charge in [-0.3, -0.25) is 0 Å². The molecule has 0 saturated heterocycles. The Kier molecular flexibility index (Phi) is 3.80. The van der Waals surface area contributed by atoms with Gasteiger partial charge in [-0.2, -0.15) is 0 Å². The summed E-state index contributed by atoms with van der Waals surface area (Å²) in [5, 5.41) is 9.24. The van der Waals surface area contributed by atoms with Gasteiger partial charge in [0, 0.05) is 7.11 Å². The van der Waals surface area contributed by atoms with E-state index in [1.807, 2.05) is 30.3 Å². The highest BCUT2D eigenvalue weighted by Crippen LogP contribution is 2.11. The molecule has 70 valence electrons. The zero-order valence-corrected chi connectivity index (χ0v) is 7.81. The van der Waals surface area contributed by atoms with Crippen molar-refractivity contribution in [2.75, 3.05) is 7.11 Å². The summed E-state index contributed by atoms with van der Waals surface area (Å²) in [4.78, 5) is 0. The zero-order chi connectivity index (χ0) is 9.68. The summed E-state index contributed by atoms with van der Waals surface area (Å²) in [6.07, 6.45) is 0. The van der Waals surface area contributed by atoms with Crippen molar-refractivity contribution in [1.29, 1.82) is 0 Å². The van der Waals surface area contributed by atoms with Crippen molar-refractivity contribution < 1.29 is 14.4 Å². The summed E-state index contributed by atoms with van der Waals surface area (Å²) < 4.78 is 10.1. The molecule has 1 aromatic rings. The molecule has 0 heterocycles. The van der Waals surface area contributed by atoms with Crippen LogP contribution in [-0.4, -0.2) is 25.3 Å². The normalized spacial score (nSPS) is 12.2. The van der Waals surface area contributed by atoms with E-state index in [0.29, 0.717) is 0 Å². The van der Waals surface area contributed by atoms with Crippen molar-refractivity contribution >= 4 is 7.12 Å². The Morgan fingerprint density at radius 3 is 2.46 bits per heavy atom. The van der Waals surface area contributed by atoms with Gasteiger partial charge in [0.2, 0.25) is 0 Å². The number of rotatable bonds is 4. The van der Waals surface area contributed by atoms with E-state index in [2.05, 4.69) is 0 Å². The quantitative estimate of drug-likeness (QED) is 0.705. The Morgan fingerprint density at radius 2 is 1.92 bits per heavy atom. The summed E-state index contributed by atoms with van der Waals surface area (Å²) in [7, 11) is 0.551. The van der Waals surface area contributed by atoms with Crippen LogP contribution in [0.5, 0.6) is 5.75 Å². The number of hydrogen-bond acceptors (Lipinski definition) is 3. The minimum absolute atomic E-state index is 0.368. The molecule has 0 radical (unpaired) electrons. The maximum atomic E-state index is 9.24. The van der Waals surface area contributed by atoms with Gasteiger partial charge in [0.25, 0.3) is 0 Å². The molecule has 0 bridgehead atoms. The molecule has 13 heavy (non-hydrogen) atoms. The SMILES string of the molecule is COB(O)C(C)Oc1ccccc1. The van der Waals surface area contributed by atoms with Crippen molar-refractivity contribution in [3.63, 3.8) is 0 Å². The maximum absolute atomic E-state index is 9.24. The molecule has 3 nitrogen and oxygen atoms in total. The lowest BCUT2D eigenvalue weighted by Crippen LogP contribution is -2.35. The third-order valence-corrected chi connectivity index (χ3v) is 1.71.